The maximum Gasteiger partial charge on any atom is 0.319 e. The fourth-order valence-electron chi connectivity index (χ4n) is 3.06. The first kappa shape index (κ1) is 20.5. The summed E-state index contributed by atoms with van der Waals surface area (Å²) in [6.07, 6.45) is 3.34. The molecular weight excluding hydrogens is 386 g/mol. The number of carbonyl (C=O) groups excluding carboxylic acids is 1. The summed E-state index contributed by atoms with van der Waals surface area (Å²) in [6, 6.07) is 15.2. The molecule has 3 rings (SSSR count). The Hall–Kier alpha value is -3.19. The van der Waals surface area contributed by atoms with Crippen molar-refractivity contribution in [2.75, 3.05) is 5.32 Å². The molecule has 2 aromatic carbocycles. The minimum absolute atomic E-state index is 0.0616. The molecule has 150 valence electrons. The molecule has 0 atom stereocenters. The van der Waals surface area contributed by atoms with Crippen LogP contribution in [0.3, 0.4) is 0 Å². The largest absolute Gasteiger partial charge is 0.334 e. The zero-order valence-electron chi connectivity index (χ0n) is 16.3. The van der Waals surface area contributed by atoms with Crippen LogP contribution in [0.25, 0.3) is 0 Å². The fraction of sp³-hybridized carbons (Fsp3) is 0.182. The number of benzene rings is 2. The van der Waals surface area contributed by atoms with Crippen molar-refractivity contribution in [3.05, 3.63) is 89.2 Å². The van der Waals surface area contributed by atoms with Gasteiger partial charge in [0.2, 0.25) is 0 Å². The van der Waals surface area contributed by atoms with Crippen LogP contribution < -0.4 is 10.6 Å². The monoisotopic (exact) mass is 409 g/mol. The number of amides is 2. The van der Waals surface area contributed by atoms with Crippen molar-refractivity contribution in [2.45, 2.75) is 31.0 Å². The first-order chi connectivity index (χ1) is 13.8. The van der Waals surface area contributed by atoms with E-state index in [0.717, 1.165) is 22.3 Å². The molecule has 29 heavy (non-hydrogen) atoms. The van der Waals surface area contributed by atoms with Gasteiger partial charge in [-0.05, 0) is 55.3 Å². The second-order valence-electron chi connectivity index (χ2n) is 6.95. The molecule has 0 radical (unpaired) electrons. The van der Waals surface area contributed by atoms with Gasteiger partial charge in [0.15, 0.2) is 9.84 Å². The third-order valence-electron chi connectivity index (χ3n) is 4.29. The number of pyridine rings is 1. The molecule has 2 N–H and O–H groups in total. The van der Waals surface area contributed by atoms with Crippen LogP contribution in [0.5, 0.6) is 0 Å². The van der Waals surface area contributed by atoms with Gasteiger partial charge in [0.05, 0.1) is 10.6 Å². The lowest BCUT2D eigenvalue weighted by molar-refractivity contribution is 0.251. The Morgan fingerprint density at radius 2 is 1.66 bits per heavy atom. The molecule has 0 saturated heterocycles. The van der Waals surface area contributed by atoms with Crippen molar-refractivity contribution in [1.82, 2.24) is 10.3 Å². The van der Waals surface area contributed by atoms with Crippen molar-refractivity contribution in [3.63, 3.8) is 0 Å². The zero-order chi connectivity index (χ0) is 20.9. The highest BCUT2D eigenvalue weighted by Crippen LogP contribution is 2.20. The number of nitrogens with one attached hydrogen (secondary N) is 2. The topological polar surface area (TPSA) is 88.2 Å². The van der Waals surface area contributed by atoms with Gasteiger partial charge in [-0.15, -0.1) is 0 Å². The predicted octanol–water partition coefficient (Wildman–Crippen LogP) is 3.99. The van der Waals surface area contributed by atoms with Gasteiger partial charge >= 0.3 is 6.03 Å². The van der Waals surface area contributed by atoms with Gasteiger partial charge in [0.1, 0.15) is 0 Å². The van der Waals surface area contributed by atoms with Crippen molar-refractivity contribution in [3.8, 4) is 0 Å². The van der Waals surface area contributed by atoms with Crippen LogP contribution in [0.1, 0.15) is 22.3 Å². The van der Waals surface area contributed by atoms with E-state index in [2.05, 4.69) is 15.6 Å². The zero-order valence-corrected chi connectivity index (χ0v) is 17.2. The Labute approximate surface area is 170 Å². The molecule has 7 heteroatoms. The van der Waals surface area contributed by atoms with Crippen LogP contribution in [0.2, 0.25) is 0 Å². The minimum atomic E-state index is -3.47. The first-order valence-corrected chi connectivity index (χ1v) is 10.8. The molecule has 0 aliphatic rings. The Balaban J connectivity index is 1.62. The second-order valence-corrected chi connectivity index (χ2v) is 8.94. The summed E-state index contributed by atoms with van der Waals surface area (Å²) in [7, 11) is -3.47. The summed E-state index contributed by atoms with van der Waals surface area (Å²) in [4.78, 5) is 16.2. The summed E-state index contributed by atoms with van der Waals surface area (Å²) in [5, 5.41) is 5.42. The van der Waals surface area contributed by atoms with Crippen LogP contribution in [-0.2, 0) is 22.1 Å². The number of aromatic nitrogens is 1. The lowest BCUT2D eigenvalue weighted by Crippen LogP contribution is -2.28. The minimum Gasteiger partial charge on any atom is -0.334 e. The number of rotatable bonds is 6. The highest BCUT2D eigenvalue weighted by atomic mass is 32.2. The van der Waals surface area contributed by atoms with Crippen molar-refractivity contribution < 1.29 is 13.2 Å². The quantitative estimate of drug-likeness (QED) is 0.644. The molecule has 3 aromatic rings. The van der Waals surface area contributed by atoms with Gasteiger partial charge in [-0.1, -0.05) is 35.4 Å². The van der Waals surface area contributed by atoms with Crippen molar-refractivity contribution in [2.24, 2.45) is 0 Å². The molecule has 6 nitrogen and oxygen atoms in total. The number of hydrogen-bond acceptors (Lipinski definition) is 4. The van der Waals surface area contributed by atoms with Gasteiger partial charge in [-0.3, -0.25) is 4.98 Å². The number of sulfone groups is 1. The van der Waals surface area contributed by atoms with Crippen LogP contribution in [0, 0.1) is 13.8 Å². The average Bonchev–Trinajstić information content (AvgIpc) is 2.66. The smallest absolute Gasteiger partial charge is 0.319 e. The van der Waals surface area contributed by atoms with Crippen molar-refractivity contribution >= 4 is 21.6 Å². The number of anilines is 1. The second kappa shape index (κ2) is 8.87. The van der Waals surface area contributed by atoms with Gasteiger partial charge in [-0.2, -0.15) is 0 Å². The lowest BCUT2D eigenvalue weighted by atomic mass is 10.1. The number of urea groups is 1. The van der Waals surface area contributed by atoms with Crippen LogP contribution in [0.4, 0.5) is 10.5 Å². The highest BCUT2D eigenvalue weighted by molar-refractivity contribution is 7.90. The number of carbonyl (C=O) groups is 1. The summed E-state index contributed by atoms with van der Waals surface area (Å²) in [5.74, 6) is -0.0616. The Kier molecular flexibility index (Phi) is 6.29. The summed E-state index contributed by atoms with van der Waals surface area (Å²) in [5.41, 5.74) is 4.23. The van der Waals surface area contributed by atoms with Gasteiger partial charge < -0.3 is 10.6 Å². The molecule has 2 amide bonds. The van der Waals surface area contributed by atoms with Gasteiger partial charge in [0, 0.05) is 24.6 Å². The van der Waals surface area contributed by atoms with E-state index in [1.807, 2.05) is 38.1 Å². The van der Waals surface area contributed by atoms with Crippen molar-refractivity contribution in [1.29, 1.82) is 0 Å². The summed E-state index contributed by atoms with van der Waals surface area (Å²) in [6.45, 7) is 4.24. The molecule has 0 unspecified atom stereocenters. The van der Waals surface area contributed by atoms with E-state index in [1.54, 1.807) is 30.6 Å². The molecule has 0 saturated carbocycles. The van der Waals surface area contributed by atoms with Gasteiger partial charge in [0.25, 0.3) is 0 Å². The SMILES string of the molecule is Cc1cc(C)cc(CS(=O)(=O)c2ccc(NC(=O)NCc3cccnc3)cc2)c1. The molecule has 0 fully saturated rings. The van der Waals surface area contributed by atoms with E-state index in [9.17, 15) is 13.2 Å². The van der Waals surface area contributed by atoms with Crippen LogP contribution in [0.15, 0.2) is 71.9 Å². The molecule has 0 bridgehead atoms. The van der Waals surface area contributed by atoms with Crippen LogP contribution >= 0.6 is 0 Å². The third kappa shape index (κ3) is 5.89. The fourth-order valence-corrected chi connectivity index (χ4v) is 4.38. The highest BCUT2D eigenvalue weighted by Gasteiger charge is 2.16. The molecule has 1 aromatic heterocycles. The van der Waals surface area contributed by atoms with E-state index >= 15 is 0 Å². The lowest BCUT2D eigenvalue weighted by Gasteiger charge is -2.10. The molecule has 0 spiro atoms. The maximum atomic E-state index is 12.7. The first-order valence-electron chi connectivity index (χ1n) is 9.15. The standard InChI is InChI=1S/C22H23N3O3S/c1-16-10-17(2)12-19(11-16)15-29(27,28)21-7-5-20(6-8-21)25-22(26)24-14-18-4-3-9-23-13-18/h3-13H,14-15H2,1-2H3,(H2,24,25,26). The van der Waals surface area contributed by atoms with Crippen LogP contribution in [-0.4, -0.2) is 19.4 Å². The molecular formula is C22H23N3O3S. The Morgan fingerprint density at radius 3 is 2.28 bits per heavy atom. The normalized spacial score (nSPS) is 11.1. The maximum absolute atomic E-state index is 12.7. The van der Waals surface area contributed by atoms with E-state index in [4.69, 9.17) is 0 Å². The Bertz CT molecular complexity index is 1080. The van der Waals surface area contributed by atoms with E-state index in [-0.39, 0.29) is 16.7 Å². The average molecular weight is 410 g/mol. The summed E-state index contributed by atoms with van der Waals surface area (Å²) < 4.78 is 25.4. The summed E-state index contributed by atoms with van der Waals surface area (Å²) >= 11 is 0. The number of nitrogens with zero attached hydrogens (tertiary/aromatic N) is 1. The Morgan fingerprint density at radius 1 is 0.966 bits per heavy atom. The van der Waals surface area contributed by atoms with E-state index in [0.29, 0.717) is 12.2 Å². The molecule has 0 aliphatic carbocycles. The third-order valence-corrected chi connectivity index (χ3v) is 5.99. The van der Waals surface area contributed by atoms with E-state index < -0.39 is 9.84 Å². The van der Waals surface area contributed by atoms with Gasteiger partial charge in [-0.25, -0.2) is 13.2 Å². The molecule has 0 aliphatic heterocycles. The predicted molar refractivity (Wildman–Crippen MR) is 113 cm³/mol. The van der Waals surface area contributed by atoms with E-state index in [1.165, 1.54) is 12.1 Å². The molecule has 1 heterocycles. The number of aryl methyl sites for hydroxylation is 2. The number of hydrogen-bond donors (Lipinski definition) is 2.